The standard InChI is InChI=1S/C29H28FN5O4S/c30-23-13-22(14-31)40-27(23)16-38-28-3-1-2-24(33-28)19-6-9-34(10-7-19)18-39-29(36)20-4-5-25-26(12-20)35(17-32-25)15-21-8-11-37-21/h1-5,12-13,17,19,21H,6-11,15-16,18H2. The number of rotatable bonds is 9. The second-order valence-electron chi connectivity index (χ2n) is 10.0. The van der Waals surface area contributed by atoms with Crippen LogP contribution in [-0.4, -0.2) is 57.9 Å². The number of hydrogen-bond donors (Lipinski definition) is 0. The molecule has 1 aromatic carbocycles. The zero-order valence-corrected chi connectivity index (χ0v) is 22.6. The first kappa shape index (κ1) is 26.4. The van der Waals surface area contributed by atoms with Gasteiger partial charge >= 0.3 is 5.97 Å². The SMILES string of the molecule is N#Cc1cc(F)c(COc2cccc(C3CCN(COC(=O)c4ccc5ncn(CC6CCO6)c5c4)CC3)n2)s1. The van der Waals surface area contributed by atoms with Crippen molar-refractivity contribution in [2.75, 3.05) is 26.4 Å². The van der Waals surface area contributed by atoms with Gasteiger partial charge in [0.2, 0.25) is 5.88 Å². The fourth-order valence-electron chi connectivity index (χ4n) is 5.01. The summed E-state index contributed by atoms with van der Waals surface area (Å²) in [4.78, 5) is 24.7. The Bertz CT molecular complexity index is 1550. The molecule has 2 aliphatic rings. The van der Waals surface area contributed by atoms with Crippen LogP contribution in [0.2, 0.25) is 0 Å². The predicted molar refractivity (Wildman–Crippen MR) is 145 cm³/mol. The van der Waals surface area contributed by atoms with Gasteiger partial charge in [0.25, 0.3) is 0 Å². The largest absolute Gasteiger partial charge is 0.472 e. The quantitative estimate of drug-likeness (QED) is 0.267. The van der Waals surface area contributed by atoms with Gasteiger partial charge in [-0.25, -0.2) is 19.2 Å². The van der Waals surface area contributed by atoms with Crippen molar-refractivity contribution in [3.63, 3.8) is 0 Å². The highest BCUT2D eigenvalue weighted by molar-refractivity contribution is 7.12. The highest BCUT2D eigenvalue weighted by Crippen LogP contribution is 2.29. The number of piperidine rings is 1. The summed E-state index contributed by atoms with van der Waals surface area (Å²) in [6.07, 6.45) is 4.77. The minimum atomic E-state index is -0.433. The van der Waals surface area contributed by atoms with E-state index in [1.54, 1.807) is 18.5 Å². The Morgan fingerprint density at radius 2 is 2.05 bits per heavy atom. The average Bonchev–Trinajstić information content (AvgIpc) is 3.54. The zero-order chi connectivity index (χ0) is 27.5. The summed E-state index contributed by atoms with van der Waals surface area (Å²) in [5.41, 5.74) is 3.17. The van der Waals surface area contributed by atoms with Crippen molar-refractivity contribution in [1.82, 2.24) is 19.4 Å². The smallest absolute Gasteiger partial charge is 0.339 e. The Balaban J connectivity index is 0.994. The molecular weight excluding hydrogens is 533 g/mol. The Labute approximate surface area is 234 Å². The lowest BCUT2D eigenvalue weighted by Gasteiger charge is -2.31. The number of carbonyl (C=O) groups excluding carboxylic acids is 1. The number of imidazole rings is 1. The monoisotopic (exact) mass is 561 g/mol. The Hall–Kier alpha value is -3.85. The van der Waals surface area contributed by atoms with E-state index in [0.717, 1.165) is 73.6 Å². The van der Waals surface area contributed by atoms with Crippen LogP contribution in [0.25, 0.3) is 11.0 Å². The van der Waals surface area contributed by atoms with E-state index in [1.807, 2.05) is 34.9 Å². The van der Waals surface area contributed by atoms with Crippen molar-refractivity contribution in [2.45, 2.75) is 44.4 Å². The third-order valence-electron chi connectivity index (χ3n) is 7.40. The number of aromatic nitrogens is 3. The van der Waals surface area contributed by atoms with E-state index in [2.05, 4.69) is 14.9 Å². The molecule has 3 aromatic heterocycles. The van der Waals surface area contributed by atoms with Crippen molar-refractivity contribution < 1.29 is 23.4 Å². The van der Waals surface area contributed by atoms with Gasteiger partial charge in [-0.2, -0.15) is 5.26 Å². The second-order valence-corrected chi connectivity index (χ2v) is 11.2. The van der Waals surface area contributed by atoms with Crippen LogP contribution >= 0.6 is 11.3 Å². The summed E-state index contributed by atoms with van der Waals surface area (Å²) >= 11 is 1.08. The maximum absolute atomic E-state index is 14.0. The number of ether oxygens (including phenoxy) is 3. The van der Waals surface area contributed by atoms with E-state index >= 15 is 0 Å². The molecular formula is C29H28FN5O4S. The Kier molecular flexibility index (Phi) is 7.73. The summed E-state index contributed by atoms with van der Waals surface area (Å²) in [7, 11) is 0. The van der Waals surface area contributed by atoms with Crippen molar-refractivity contribution in [3.05, 3.63) is 75.6 Å². The molecule has 0 aliphatic carbocycles. The third kappa shape index (κ3) is 5.84. The van der Waals surface area contributed by atoms with Crippen LogP contribution in [0.3, 0.4) is 0 Å². The fraction of sp³-hybridized carbons (Fsp3) is 0.379. The summed E-state index contributed by atoms with van der Waals surface area (Å²) < 4.78 is 32.9. The van der Waals surface area contributed by atoms with E-state index < -0.39 is 5.82 Å². The number of likely N-dealkylation sites (tertiary alicyclic amines) is 1. The molecule has 40 heavy (non-hydrogen) atoms. The molecule has 1 atom stereocenters. The molecule has 4 aromatic rings. The lowest BCUT2D eigenvalue weighted by molar-refractivity contribution is -0.0586. The molecule has 5 heterocycles. The maximum Gasteiger partial charge on any atom is 0.339 e. The number of esters is 1. The highest BCUT2D eigenvalue weighted by Gasteiger charge is 2.24. The summed E-state index contributed by atoms with van der Waals surface area (Å²) in [5, 5.41) is 8.95. The molecule has 11 heteroatoms. The van der Waals surface area contributed by atoms with Crippen LogP contribution in [0.5, 0.6) is 5.88 Å². The average molecular weight is 562 g/mol. The first-order chi connectivity index (χ1) is 19.6. The summed E-state index contributed by atoms with van der Waals surface area (Å²) in [5.74, 6) is -0.107. The van der Waals surface area contributed by atoms with Gasteiger partial charge in [-0.3, -0.25) is 4.90 Å². The molecule has 0 spiro atoms. The number of nitriles is 1. The molecule has 6 rings (SSSR count). The number of thiophene rings is 1. The van der Waals surface area contributed by atoms with Gasteiger partial charge in [-0.15, -0.1) is 11.3 Å². The van der Waals surface area contributed by atoms with Crippen LogP contribution in [0.1, 0.15) is 51.0 Å². The molecule has 0 radical (unpaired) electrons. The highest BCUT2D eigenvalue weighted by atomic mass is 32.1. The van der Waals surface area contributed by atoms with Crippen LogP contribution in [0, 0.1) is 17.1 Å². The first-order valence-corrected chi connectivity index (χ1v) is 14.1. The Morgan fingerprint density at radius 1 is 1.20 bits per heavy atom. The summed E-state index contributed by atoms with van der Waals surface area (Å²) in [6, 6.07) is 14.2. The van der Waals surface area contributed by atoms with E-state index in [4.69, 9.17) is 19.5 Å². The molecule has 0 amide bonds. The zero-order valence-electron chi connectivity index (χ0n) is 21.8. The lowest BCUT2D eigenvalue weighted by atomic mass is 9.93. The predicted octanol–water partition coefficient (Wildman–Crippen LogP) is 4.87. The van der Waals surface area contributed by atoms with Gasteiger partial charge in [0.15, 0.2) is 0 Å². The topological polar surface area (TPSA) is 102 Å². The minimum Gasteiger partial charge on any atom is -0.472 e. The van der Waals surface area contributed by atoms with Gasteiger partial charge in [0.05, 0.1) is 40.5 Å². The number of halogens is 1. The Morgan fingerprint density at radius 3 is 2.80 bits per heavy atom. The second kappa shape index (κ2) is 11.7. The third-order valence-corrected chi connectivity index (χ3v) is 8.39. The van der Waals surface area contributed by atoms with Crippen LogP contribution < -0.4 is 4.74 Å². The molecule has 9 nitrogen and oxygen atoms in total. The van der Waals surface area contributed by atoms with Crippen LogP contribution in [0.4, 0.5) is 4.39 Å². The van der Waals surface area contributed by atoms with Crippen LogP contribution in [0.15, 0.2) is 48.8 Å². The molecule has 2 saturated heterocycles. The van der Waals surface area contributed by atoms with E-state index in [9.17, 15) is 9.18 Å². The van der Waals surface area contributed by atoms with Gasteiger partial charge in [-0.05, 0) is 43.5 Å². The number of nitrogens with zero attached hydrogens (tertiary/aromatic N) is 5. The van der Waals surface area contributed by atoms with Crippen molar-refractivity contribution in [1.29, 1.82) is 5.26 Å². The summed E-state index contributed by atoms with van der Waals surface area (Å²) in [6.45, 7) is 3.33. The molecule has 0 N–H and O–H groups in total. The fourth-order valence-corrected chi connectivity index (χ4v) is 5.75. The number of fused-ring (bicyclic) bond motifs is 1. The van der Waals surface area contributed by atoms with E-state index in [0.29, 0.717) is 21.2 Å². The van der Waals surface area contributed by atoms with Crippen molar-refractivity contribution in [2.24, 2.45) is 0 Å². The molecule has 1 unspecified atom stereocenters. The molecule has 0 saturated carbocycles. The van der Waals surface area contributed by atoms with E-state index in [1.165, 1.54) is 6.07 Å². The van der Waals surface area contributed by atoms with Gasteiger partial charge in [0, 0.05) is 43.4 Å². The van der Waals surface area contributed by atoms with Gasteiger partial charge in [0.1, 0.15) is 30.1 Å². The van der Waals surface area contributed by atoms with E-state index in [-0.39, 0.29) is 31.3 Å². The minimum absolute atomic E-state index is 0.0304. The van der Waals surface area contributed by atoms with Crippen molar-refractivity contribution in [3.8, 4) is 11.9 Å². The van der Waals surface area contributed by atoms with Gasteiger partial charge in [-0.1, -0.05) is 6.07 Å². The first-order valence-electron chi connectivity index (χ1n) is 13.3. The number of carbonyl (C=O) groups is 1. The number of benzene rings is 1. The number of pyridine rings is 1. The molecule has 206 valence electrons. The van der Waals surface area contributed by atoms with Crippen LogP contribution in [-0.2, 0) is 22.6 Å². The van der Waals surface area contributed by atoms with Crippen molar-refractivity contribution >= 4 is 28.3 Å². The molecule has 2 fully saturated rings. The lowest BCUT2D eigenvalue weighted by Crippen LogP contribution is -2.35. The van der Waals surface area contributed by atoms with Gasteiger partial charge < -0.3 is 18.8 Å². The normalized spacial score (nSPS) is 17.9. The molecule has 2 aliphatic heterocycles. The number of hydrogen-bond acceptors (Lipinski definition) is 9. The molecule has 0 bridgehead atoms. The maximum atomic E-state index is 14.0.